The van der Waals surface area contributed by atoms with Crippen LogP contribution in [0.1, 0.15) is 42.4 Å². The van der Waals surface area contributed by atoms with Gasteiger partial charge in [-0.15, -0.1) is 0 Å². The van der Waals surface area contributed by atoms with Crippen LogP contribution >= 0.6 is 23.8 Å². The van der Waals surface area contributed by atoms with E-state index in [9.17, 15) is 0 Å². The molecular formula is C30H35ClN6OS. The SMILES string of the molecule is S=C(NCC1(c2ccc(Cl)cc2)CCOCC1)Nc1nc(N2CCCC2)cc(N2CCc3ccccc3C2)n1. The van der Waals surface area contributed by atoms with Crippen molar-refractivity contribution < 1.29 is 4.74 Å². The molecule has 2 fully saturated rings. The van der Waals surface area contributed by atoms with Crippen LogP contribution < -0.4 is 20.4 Å². The van der Waals surface area contributed by atoms with Crippen molar-refractivity contribution in [1.82, 2.24) is 15.3 Å². The van der Waals surface area contributed by atoms with Crippen LogP contribution in [0.15, 0.2) is 54.6 Å². The lowest BCUT2D eigenvalue weighted by Gasteiger charge is -2.38. The zero-order chi connectivity index (χ0) is 26.7. The van der Waals surface area contributed by atoms with Crippen LogP contribution in [0, 0.1) is 0 Å². The van der Waals surface area contributed by atoms with Crippen LogP contribution in [-0.2, 0) is 23.1 Å². The number of aromatic nitrogens is 2. The topological polar surface area (TPSA) is 65.6 Å². The predicted octanol–water partition coefficient (Wildman–Crippen LogP) is 5.33. The number of nitrogens with zero attached hydrogens (tertiary/aromatic N) is 4. The molecule has 2 saturated heterocycles. The molecule has 2 N–H and O–H groups in total. The molecule has 0 radical (unpaired) electrons. The van der Waals surface area contributed by atoms with Gasteiger partial charge in [0.15, 0.2) is 5.11 Å². The molecule has 0 unspecified atom stereocenters. The van der Waals surface area contributed by atoms with Gasteiger partial charge in [0.05, 0.1) is 0 Å². The normalized spacial score (nSPS) is 18.5. The highest BCUT2D eigenvalue weighted by molar-refractivity contribution is 7.80. The molecule has 0 aliphatic carbocycles. The van der Waals surface area contributed by atoms with Gasteiger partial charge in [-0.1, -0.05) is 48.0 Å². The lowest BCUT2D eigenvalue weighted by Crippen LogP contribution is -2.45. The number of halogens is 1. The average Bonchev–Trinajstić information content (AvgIpc) is 3.52. The summed E-state index contributed by atoms with van der Waals surface area (Å²) in [6.07, 6.45) is 5.24. The minimum atomic E-state index is -0.0703. The van der Waals surface area contributed by atoms with Crippen LogP contribution in [0.3, 0.4) is 0 Å². The summed E-state index contributed by atoms with van der Waals surface area (Å²) in [5, 5.41) is 8.07. The molecule has 9 heteroatoms. The molecular weight excluding hydrogens is 528 g/mol. The van der Waals surface area contributed by atoms with Crippen molar-refractivity contribution in [1.29, 1.82) is 0 Å². The van der Waals surface area contributed by atoms with E-state index < -0.39 is 0 Å². The summed E-state index contributed by atoms with van der Waals surface area (Å²) in [5.41, 5.74) is 3.97. The molecule has 7 nitrogen and oxygen atoms in total. The van der Waals surface area contributed by atoms with Crippen molar-refractivity contribution in [3.63, 3.8) is 0 Å². The highest BCUT2D eigenvalue weighted by Gasteiger charge is 2.34. The second kappa shape index (κ2) is 11.7. The molecule has 3 aromatic rings. The highest BCUT2D eigenvalue weighted by atomic mass is 35.5. The van der Waals surface area contributed by atoms with Gasteiger partial charge in [0.1, 0.15) is 11.6 Å². The Bertz CT molecular complexity index is 1310. The van der Waals surface area contributed by atoms with E-state index in [1.54, 1.807) is 0 Å². The zero-order valence-corrected chi connectivity index (χ0v) is 23.7. The van der Waals surface area contributed by atoms with Crippen LogP contribution in [0.4, 0.5) is 17.6 Å². The molecule has 204 valence electrons. The lowest BCUT2D eigenvalue weighted by molar-refractivity contribution is 0.0515. The van der Waals surface area contributed by atoms with Crippen molar-refractivity contribution in [2.45, 2.75) is 44.1 Å². The van der Waals surface area contributed by atoms with Crippen molar-refractivity contribution in [3.05, 3.63) is 76.3 Å². The Morgan fingerprint density at radius 2 is 1.62 bits per heavy atom. The van der Waals surface area contributed by atoms with Gasteiger partial charge in [-0.25, -0.2) is 0 Å². The van der Waals surface area contributed by atoms with Gasteiger partial charge in [-0.3, -0.25) is 0 Å². The number of ether oxygens (including phenoxy) is 1. The number of benzene rings is 2. The number of hydrogen-bond acceptors (Lipinski definition) is 6. The van der Waals surface area contributed by atoms with Gasteiger partial charge in [0.25, 0.3) is 0 Å². The maximum absolute atomic E-state index is 6.18. The predicted molar refractivity (Wildman–Crippen MR) is 162 cm³/mol. The van der Waals surface area contributed by atoms with E-state index >= 15 is 0 Å². The average molecular weight is 563 g/mol. The van der Waals surface area contributed by atoms with Gasteiger partial charge in [-0.2, -0.15) is 9.97 Å². The molecule has 0 amide bonds. The van der Waals surface area contributed by atoms with E-state index in [0.29, 0.717) is 17.6 Å². The number of rotatable bonds is 6. The Labute approximate surface area is 240 Å². The smallest absolute Gasteiger partial charge is 0.232 e. The first-order valence-corrected chi connectivity index (χ1v) is 14.7. The third kappa shape index (κ3) is 5.98. The highest BCUT2D eigenvalue weighted by Crippen LogP contribution is 2.35. The molecule has 0 atom stereocenters. The zero-order valence-electron chi connectivity index (χ0n) is 22.2. The van der Waals surface area contributed by atoms with Gasteiger partial charge < -0.3 is 25.2 Å². The Morgan fingerprint density at radius 3 is 2.36 bits per heavy atom. The summed E-state index contributed by atoms with van der Waals surface area (Å²) in [6.45, 7) is 5.98. The van der Waals surface area contributed by atoms with E-state index in [-0.39, 0.29) is 5.41 Å². The van der Waals surface area contributed by atoms with Crippen molar-refractivity contribution in [3.8, 4) is 0 Å². The summed E-state index contributed by atoms with van der Waals surface area (Å²) < 4.78 is 5.70. The Hall–Kier alpha value is -2.94. The Morgan fingerprint density at radius 1 is 0.923 bits per heavy atom. The molecule has 2 aromatic carbocycles. The van der Waals surface area contributed by atoms with Gasteiger partial charge in [-0.05, 0) is 73.1 Å². The number of fused-ring (bicyclic) bond motifs is 1. The van der Waals surface area contributed by atoms with Crippen molar-refractivity contribution in [2.24, 2.45) is 0 Å². The molecule has 0 bridgehead atoms. The van der Waals surface area contributed by atoms with E-state index in [1.165, 1.54) is 29.5 Å². The standard InChI is InChI=1S/C30H35ClN6OS/c31-25-9-7-24(8-10-25)30(12-17-38-18-13-30)21-32-29(39)35-28-33-26(36-14-3-4-15-36)19-27(34-28)37-16-11-22-5-1-2-6-23(22)20-37/h1-2,5-10,19H,3-4,11-18,20-21H2,(H2,32,33,34,35,39). The van der Waals surface area contributed by atoms with E-state index in [1.807, 2.05) is 12.1 Å². The number of nitrogens with one attached hydrogen (secondary N) is 2. The van der Waals surface area contributed by atoms with Crippen LogP contribution in [0.2, 0.25) is 5.02 Å². The fourth-order valence-electron chi connectivity index (χ4n) is 5.97. The second-order valence-electron chi connectivity index (χ2n) is 10.7. The molecule has 6 rings (SSSR count). The summed E-state index contributed by atoms with van der Waals surface area (Å²) in [6, 6.07) is 19.0. The van der Waals surface area contributed by atoms with E-state index in [4.69, 9.17) is 38.5 Å². The Balaban J connectivity index is 1.20. The van der Waals surface area contributed by atoms with Crippen LogP contribution in [0.5, 0.6) is 0 Å². The van der Waals surface area contributed by atoms with Crippen molar-refractivity contribution >= 4 is 46.5 Å². The molecule has 0 saturated carbocycles. The summed E-state index contributed by atoms with van der Waals surface area (Å²) in [4.78, 5) is 14.5. The minimum Gasteiger partial charge on any atom is -0.381 e. The van der Waals surface area contributed by atoms with E-state index in [0.717, 1.165) is 75.3 Å². The molecule has 1 aromatic heterocycles. The molecule has 3 aliphatic heterocycles. The number of thiocarbonyl (C=S) groups is 1. The third-order valence-corrected chi connectivity index (χ3v) is 8.80. The molecule has 3 aliphatic rings. The molecule has 0 spiro atoms. The maximum Gasteiger partial charge on any atom is 0.232 e. The van der Waals surface area contributed by atoms with Gasteiger partial charge in [0, 0.05) is 62.4 Å². The van der Waals surface area contributed by atoms with Crippen molar-refractivity contribution in [2.75, 3.05) is 54.5 Å². The lowest BCUT2D eigenvalue weighted by atomic mass is 9.74. The van der Waals surface area contributed by atoms with Gasteiger partial charge >= 0.3 is 0 Å². The summed E-state index contributed by atoms with van der Waals surface area (Å²) in [5.74, 6) is 2.44. The fraction of sp³-hybridized carbons (Fsp3) is 0.433. The first kappa shape index (κ1) is 26.3. The number of hydrogen-bond donors (Lipinski definition) is 2. The number of anilines is 3. The monoisotopic (exact) mass is 562 g/mol. The third-order valence-electron chi connectivity index (χ3n) is 8.30. The van der Waals surface area contributed by atoms with Crippen LogP contribution in [0.25, 0.3) is 0 Å². The fourth-order valence-corrected chi connectivity index (χ4v) is 6.26. The quantitative estimate of drug-likeness (QED) is 0.391. The second-order valence-corrected chi connectivity index (χ2v) is 11.6. The molecule has 4 heterocycles. The Kier molecular flexibility index (Phi) is 7.86. The van der Waals surface area contributed by atoms with E-state index in [2.05, 4.69) is 62.9 Å². The first-order chi connectivity index (χ1) is 19.1. The summed E-state index contributed by atoms with van der Waals surface area (Å²) >= 11 is 11.9. The summed E-state index contributed by atoms with van der Waals surface area (Å²) in [7, 11) is 0. The minimum absolute atomic E-state index is 0.0703. The maximum atomic E-state index is 6.18. The first-order valence-electron chi connectivity index (χ1n) is 13.9. The van der Waals surface area contributed by atoms with Crippen LogP contribution in [-0.4, -0.2) is 54.5 Å². The van der Waals surface area contributed by atoms with Gasteiger partial charge in [0.2, 0.25) is 5.95 Å². The molecule has 39 heavy (non-hydrogen) atoms. The largest absolute Gasteiger partial charge is 0.381 e.